The first-order valence-corrected chi connectivity index (χ1v) is 13.5. The molecule has 3 aromatic carbocycles. The second-order valence-corrected chi connectivity index (χ2v) is 9.91. The molecule has 4 N–H and O–H groups in total. The van der Waals surface area contributed by atoms with Gasteiger partial charge in [-0.05, 0) is 29.8 Å². The summed E-state index contributed by atoms with van der Waals surface area (Å²) in [6.45, 7) is 0. The summed E-state index contributed by atoms with van der Waals surface area (Å²) in [4.78, 5) is 30.3. The van der Waals surface area contributed by atoms with Gasteiger partial charge in [0.1, 0.15) is 6.04 Å². The topological polar surface area (TPSA) is 140 Å². The normalized spacial score (nSPS) is 12.5. The second-order valence-electron chi connectivity index (χ2n) is 8.88. The van der Waals surface area contributed by atoms with Gasteiger partial charge in [0, 0.05) is 28.2 Å². The number of thioether (sulfide) groups is 1. The fourth-order valence-corrected chi connectivity index (χ4v) is 4.85. The van der Waals surface area contributed by atoms with Gasteiger partial charge >= 0.3 is 12.1 Å². The van der Waals surface area contributed by atoms with Gasteiger partial charge in [0.05, 0.1) is 12.7 Å². The molecule has 0 bridgehead atoms. The van der Waals surface area contributed by atoms with Gasteiger partial charge < -0.3 is 25.4 Å². The average molecular weight is 599 g/mol. The van der Waals surface area contributed by atoms with Crippen LogP contribution in [0.2, 0.25) is 0 Å². The number of hydrogen-bond donors (Lipinski definition) is 3. The van der Waals surface area contributed by atoms with E-state index in [0.717, 1.165) is 17.7 Å². The van der Waals surface area contributed by atoms with Crippen molar-refractivity contribution < 1.29 is 37.1 Å². The van der Waals surface area contributed by atoms with E-state index >= 15 is 0 Å². The summed E-state index contributed by atoms with van der Waals surface area (Å²) in [7, 11) is 1.20. The zero-order valence-electron chi connectivity index (χ0n) is 22.1. The fourth-order valence-electron chi connectivity index (χ4n) is 3.85. The van der Waals surface area contributed by atoms with E-state index in [-0.39, 0.29) is 34.5 Å². The van der Waals surface area contributed by atoms with Gasteiger partial charge in [-0.2, -0.15) is 24.9 Å². The third-order valence-electron chi connectivity index (χ3n) is 6.04. The Morgan fingerprint density at radius 2 is 1.69 bits per heavy atom. The predicted octanol–water partition coefficient (Wildman–Crippen LogP) is 5.33. The molecule has 0 saturated carbocycles. The number of amides is 1. The number of hydrogen-bond acceptors (Lipinski definition) is 8. The van der Waals surface area contributed by atoms with Crippen molar-refractivity contribution in [2.24, 2.45) is 10.9 Å². The Bertz CT molecular complexity index is 1560. The maximum absolute atomic E-state index is 13.5. The van der Waals surface area contributed by atoms with Gasteiger partial charge in [-0.1, -0.05) is 59.8 Å². The van der Waals surface area contributed by atoms with Crippen LogP contribution in [-0.2, 0) is 21.5 Å². The molecular formula is C29H25F3N4O5S. The number of halogens is 3. The van der Waals surface area contributed by atoms with Crippen LogP contribution in [0.5, 0.6) is 0 Å². The smallest absolute Gasteiger partial charge is 0.416 e. The van der Waals surface area contributed by atoms with Crippen molar-refractivity contribution in [3.05, 3.63) is 101 Å². The van der Waals surface area contributed by atoms with Crippen molar-refractivity contribution >= 4 is 29.5 Å². The number of methoxy groups -OCH3 is 1. The number of carbonyl (C=O) groups excluding carboxylic acids is 2. The summed E-state index contributed by atoms with van der Waals surface area (Å²) in [6.07, 6.45) is -4.53. The number of nitrogens with two attached hydrogens (primary N) is 1. The molecule has 4 aromatic rings. The van der Waals surface area contributed by atoms with Crippen LogP contribution >= 0.6 is 11.8 Å². The van der Waals surface area contributed by atoms with Crippen LogP contribution in [0.4, 0.5) is 13.2 Å². The van der Waals surface area contributed by atoms with Crippen molar-refractivity contribution in [3.8, 4) is 22.8 Å². The van der Waals surface area contributed by atoms with E-state index in [9.17, 15) is 22.8 Å². The van der Waals surface area contributed by atoms with Crippen molar-refractivity contribution in [1.29, 1.82) is 0 Å². The molecule has 1 atom stereocenters. The Balaban J connectivity index is 1.65. The minimum atomic E-state index is -4.53. The van der Waals surface area contributed by atoms with Gasteiger partial charge in [0.2, 0.25) is 5.89 Å². The summed E-state index contributed by atoms with van der Waals surface area (Å²) in [5.74, 6) is -0.906. The largest absolute Gasteiger partial charge is 0.467 e. The van der Waals surface area contributed by atoms with E-state index in [1.807, 2.05) is 30.3 Å². The van der Waals surface area contributed by atoms with Crippen LogP contribution in [0.3, 0.4) is 0 Å². The molecule has 1 amide bonds. The molecule has 1 aromatic heterocycles. The van der Waals surface area contributed by atoms with E-state index in [1.54, 1.807) is 0 Å². The third-order valence-corrected chi connectivity index (χ3v) is 7.15. The highest BCUT2D eigenvalue weighted by Gasteiger charge is 2.31. The minimum absolute atomic E-state index is 0.00555. The van der Waals surface area contributed by atoms with Crippen LogP contribution in [0.1, 0.15) is 27.2 Å². The van der Waals surface area contributed by atoms with Crippen molar-refractivity contribution in [2.45, 2.75) is 18.0 Å². The molecule has 218 valence electrons. The number of carbonyl (C=O) groups is 2. The molecule has 0 radical (unpaired) electrons. The third kappa shape index (κ3) is 7.29. The van der Waals surface area contributed by atoms with E-state index in [1.165, 1.54) is 55.3 Å². The number of alkyl halides is 3. The van der Waals surface area contributed by atoms with Gasteiger partial charge in [0.25, 0.3) is 5.91 Å². The average Bonchev–Trinajstić information content (AvgIpc) is 3.46. The molecule has 0 saturated heterocycles. The number of amidine groups is 1. The van der Waals surface area contributed by atoms with Crippen LogP contribution in [-0.4, -0.2) is 46.8 Å². The first-order valence-electron chi connectivity index (χ1n) is 12.4. The number of rotatable bonds is 10. The molecule has 0 aliphatic carbocycles. The number of aromatic nitrogens is 1. The highest BCUT2D eigenvalue weighted by Crippen LogP contribution is 2.33. The van der Waals surface area contributed by atoms with Crippen LogP contribution in [0.15, 0.2) is 88.4 Å². The lowest BCUT2D eigenvalue weighted by Gasteiger charge is -2.16. The molecule has 4 rings (SSSR count). The molecule has 13 heteroatoms. The standard InChI is InChI=1S/C29H25F3N4O5S/c1-40-28(38)22(16-42-15-17-5-3-2-4-6-17)34-26(37)23-24(18-7-9-19(10-8-18)25(33)36-39)41-27(35-23)20-11-13-21(14-12-20)29(30,31)32/h2-14,22,39H,15-16H2,1H3,(H2,33,36)(H,34,37). The zero-order valence-corrected chi connectivity index (χ0v) is 22.9. The fraction of sp³-hybridized carbons (Fsp3) is 0.172. The quantitative estimate of drug-likeness (QED) is 0.0732. The van der Waals surface area contributed by atoms with Crippen LogP contribution < -0.4 is 11.1 Å². The number of ether oxygens (including phenoxy) is 1. The number of esters is 1. The van der Waals surface area contributed by atoms with Crippen molar-refractivity contribution in [2.75, 3.05) is 12.9 Å². The Kier molecular flexibility index (Phi) is 9.53. The Hall–Kier alpha value is -4.78. The first-order chi connectivity index (χ1) is 20.1. The van der Waals surface area contributed by atoms with Crippen LogP contribution in [0, 0.1) is 0 Å². The molecule has 0 aliphatic rings. The van der Waals surface area contributed by atoms with Gasteiger partial charge in [-0.15, -0.1) is 0 Å². The number of nitrogens with one attached hydrogen (secondary N) is 1. The molecule has 0 fully saturated rings. The molecule has 1 unspecified atom stereocenters. The van der Waals surface area contributed by atoms with E-state index in [2.05, 4.69) is 15.5 Å². The van der Waals surface area contributed by atoms with Gasteiger partial charge in [-0.3, -0.25) is 4.79 Å². The number of nitrogens with zero attached hydrogens (tertiary/aromatic N) is 2. The number of oxazole rings is 1. The second kappa shape index (κ2) is 13.3. The lowest BCUT2D eigenvalue weighted by atomic mass is 10.1. The molecule has 0 aliphatic heterocycles. The highest BCUT2D eigenvalue weighted by atomic mass is 32.2. The summed E-state index contributed by atoms with van der Waals surface area (Å²) in [6, 6.07) is 18.8. The minimum Gasteiger partial charge on any atom is -0.467 e. The van der Waals surface area contributed by atoms with Gasteiger partial charge in [0.15, 0.2) is 17.3 Å². The van der Waals surface area contributed by atoms with E-state index in [4.69, 9.17) is 20.1 Å². The van der Waals surface area contributed by atoms with Crippen molar-refractivity contribution in [3.63, 3.8) is 0 Å². The Morgan fingerprint density at radius 3 is 2.29 bits per heavy atom. The van der Waals surface area contributed by atoms with E-state index in [0.29, 0.717) is 16.9 Å². The van der Waals surface area contributed by atoms with Crippen molar-refractivity contribution in [1.82, 2.24) is 10.3 Å². The predicted molar refractivity (Wildman–Crippen MR) is 151 cm³/mol. The molecule has 0 spiro atoms. The zero-order chi connectivity index (χ0) is 30.3. The monoisotopic (exact) mass is 598 g/mol. The van der Waals surface area contributed by atoms with Gasteiger partial charge in [-0.25, -0.2) is 9.78 Å². The summed E-state index contributed by atoms with van der Waals surface area (Å²) in [5, 5.41) is 14.5. The Morgan fingerprint density at radius 1 is 1.05 bits per heavy atom. The summed E-state index contributed by atoms with van der Waals surface area (Å²) < 4.78 is 50.0. The summed E-state index contributed by atoms with van der Waals surface area (Å²) in [5.41, 5.74) is 6.55. The number of oxime groups is 1. The number of benzene rings is 3. The summed E-state index contributed by atoms with van der Waals surface area (Å²) >= 11 is 1.41. The first kappa shape index (κ1) is 30.2. The molecule has 42 heavy (non-hydrogen) atoms. The van der Waals surface area contributed by atoms with E-state index < -0.39 is 29.7 Å². The van der Waals surface area contributed by atoms with Crippen LogP contribution in [0.25, 0.3) is 22.8 Å². The lowest BCUT2D eigenvalue weighted by molar-refractivity contribution is -0.142. The molecular weight excluding hydrogens is 573 g/mol. The maximum atomic E-state index is 13.5. The Labute approximate surface area is 242 Å². The lowest BCUT2D eigenvalue weighted by Crippen LogP contribution is -2.43. The molecule has 9 nitrogen and oxygen atoms in total. The SMILES string of the molecule is COC(=O)C(CSCc1ccccc1)NC(=O)c1nc(-c2ccc(C(F)(F)F)cc2)oc1-c1ccc(C(N)=NO)cc1. The molecule has 1 heterocycles. The maximum Gasteiger partial charge on any atom is 0.416 e. The highest BCUT2D eigenvalue weighted by molar-refractivity contribution is 7.98.